The van der Waals surface area contributed by atoms with Gasteiger partial charge < -0.3 is 9.47 Å². The normalized spacial score (nSPS) is 19.9. The molecule has 4 rings (SSSR count). The van der Waals surface area contributed by atoms with E-state index in [2.05, 4.69) is 6.92 Å². The summed E-state index contributed by atoms with van der Waals surface area (Å²) in [6.45, 7) is 4.96. The molecule has 156 valence electrons. The largest absolute Gasteiger partial charge is 0.492 e. The number of benzene rings is 2. The summed E-state index contributed by atoms with van der Waals surface area (Å²) < 4.78 is 40.7. The van der Waals surface area contributed by atoms with Crippen LogP contribution in [0, 0.1) is 23.5 Å². The van der Waals surface area contributed by atoms with Gasteiger partial charge in [-0.1, -0.05) is 44.2 Å². The third-order valence-corrected chi connectivity index (χ3v) is 6.63. The van der Waals surface area contributed by atoms with Crippen molar-refractivity contribution in [2.75, 3.05) is 13.2 Å². The van der Waals surface area contributed by atoms with Crippen molar-refractivity contribution in [2.45, 2.75) is 52.4 Å². The van der Waals surface area contributed by atoms with Gasteiger partial charge in [-0.25, -0.2) is 4.39 Å². The molecular weight excluding hydrogens is 394 g/mol. The number of hydrogen-bond donors (Lipinski definition) is 0. The quantitative estimate of drug-likeness (QED) is 0.390. The predicted molar refractivity (Wildman–Crippen MR) is 113 cm³/mol. The van der Waals surface area contributed by atoms with Crippen molar-refractivity contribution < 1.29 is 18.3 Å². The summed E-state index contributed by atoms with van der Waals surface area (Å²) in [5.41, 5.74) is 2.18. The first-order chi connectivity index (χ1) is 14.0. The Morgan fingerprint density at radius 2 is 1.62 bits per heavy atom. The van der Waals surface area contributed by atoms with E-state index in [1.165, 1.54) is 25.7 Å². The Hall–Kier alpha value is -1.81. The van der Waals surface area contributed by atoms with E-state index in [1.54, 1.807) is 12.1 Å². The zero-order valence-corrected chi connectivity index (χ0v) is 17.7. The molecule has 5 heteroatoms. The molecule has 1 fully saturated rings. The highest BCUT2D eigenvalue weighted by molar-refractivity contribution is 6.37. The molecule has 0 N–H and O–H groups in total. The summed E-state index contributed by atoms with van der Waals surface area (Å²) in [6.07, 6.45) is 7.11. The maximum Gasteiger partial charge on any atom is 0.201 e. The smallest absolute Gasteiger partial charge is 0.201 e. The van der Waals surface area contributed by atoms with Gasteiger partial charge in [0.2, 0.25) is 5.82 Å². The molecule has 0 aliphatic heterocycles. The molecule has 1 saturated carbocycles. The van der Waals surface area contributed by atoms with Gasteiger partial charge in [0.15, 0.2) is 11.6 Å². The van der Waals surface area contributed by atoms with Crippen LogP contribution in [0.5, 0.6) is 11.5 Å². The Balaban J connectivity index is 1.50. The van der Waals surface area contributed by atoms with Crippen LogP contribution in [0.4, 0.5) is 8.78 Å². The lowest BCUT2D eigenvalue weighted by molar-refractivity contribution is 0.173. The van der Waals surface area contributed by atoms with Crippen molar-refractivity contribution in [3.05, 3.63) is 34.9 Å². The minimum absolute atomic E-state index is 0.00686. The lowest BCUT2D eigenvalue weighted by Crippen LogP contribution is -2.20. The zero-order chi connectivity index (χ0) is 20.5. The van der Waals surface area contributed by atoms with Crippen LogP contribution in [-0.4, -0.2) is 13.2 Å². The number of fused-ring (bicyclic) bond motifs is 4. The van der Waals surface area contributed by atoms with Crippen LogP contribution < -0.4 is 9.47 Å². The number of hydrogen-bond acceptors (Lipinski definition) is 2. The Labute approximate surface area is 176 Å². The molecule has 2 aliphatic rings. The zero-order valence-electron chi connectivity index (χ0n) is 17.0. The first-order valence-electron chi connectivity index (χ1n) is 10.7. The highest BCUT2D eigenvalue weighted by Crippen LogP contribution is 2.56. The summed E-state index contributed by atoms with van der Waals surface area (Å²) in [6, 6.07) is 5.21. The predicted octanol–water partition coefficient (Wildman–Crippen LogP) is 7.65. The van der Waals surface area contributed by atoms with Crippen molar-refractivity contribution in [3.63, 3.8) is 0 Å². The van der Waals surface area contributed by atoms with Crippen molar-refractivity contribution in [3.8, 4) is 33.8 Å². The van der Waals surface area contributed by atoms with Crippen molar-refractivity contribution in [2.24, 2.45) is 11.8 Å². The molecular formula is C24H27ClF2O2. The minimum Gasteiger partial charge on any atom is -0.492 e. The van der Waals surface area contributed by atoms with E-state index in [0.717, 1.165) is 24.3 Å². The molecule has 2 aromatic carbocycles. The summed E-state index contributed by atoms with van der Waals surface area (Å²) >= 11 is 6.37. The number of halogens is 3. The fourth-order valence-corrected chi connectivity index (χ4v) is 5.01. The van der Waals surface area contributed by atoms with Gasteiger partial charge in [-0.3, -0.25) is 0 Å². The standard InChI is InChI=1S/C24H27ClF2O2/c1-3-5-14-6-8-15(9-7-14)13-29-19-12-17-16-10-11-18(28-4-2)22(25)20(16)21(17)24(27)23(19)26/h10-12,14-15H,3-9,13H2,1-2H3. The van der Waals surface area contributed by atoms with Gasteiger partial charge in [-0.2, -0.15) is 4.39 Å². The molecule has 0 aromatic heterocycles. The molecule has 0 unspecified atom stereocenters. The third kappa shape index (κ3) is 3.72. The van der Waals surface area contributed by atoms with E-state index in [4.69, 9.17) is 21.1 Å². The molecule has 0 saturated heterocycles. The molecule has 2 aromatic rings. The minimum atomic E-state index is -0.938. The fraction of sp³-hybridized carbons (Fsp3) is 0.500. The van der Waals surface area contributed by atoms with Crippen molar-refractivity contribution >= 4 is 11.6 Å². The van der Waals surface area contributed by atoms with Crippen LogP contribution in [0.2, 0.25) is 5.02 Å². The van der Waals surface area contributed by atoms with E-state index < -0.39 is 11.6 Å². The summed E-state index contributed by atoms with van der Waals surface area (Å²) in [4.78, 5) is 0. The molecule has 29 heavy (non-hydrogen) atoms. The average Bonchev–Trinajstić information content (AvgIpc) is 2.71. The maximum absolute atomic E-state index is 14.8. The molecule has 2 aliphatic carbocycles. The molecule has 0 amide bonds. The third-order valence-electron chi connectivity index (χ3n) is 6.26. The Kier molecular flexibility index (Phi) is 6.00. The molecule has 0 spiro atoms. The van der Waals surface area contributed by atoms with Crippen LogP contribution in [0.3, 0.4) is 0 Å². The second-order valence-electron chi connectivity index (χ2n) is 8.14. The van der Waals surface area contributed by atoms with E-state index in [0.29, 0.717) is 41.0 Å². The maximum atomic E-state index is 14.8. The highest BCUT2D eigenvalue weighted by atomic mass is 35.5. The number of ether oxygens (including phenoxy) is 2. The lowest BCUT2D eigenvalue weighted by Gasteiger charge is -2.30. The first-order valence-corrected chi connectivity index (χ1v) is 11.0. The second kappa shape index (κ2) is 8.51. The van der Waals surface area contributed by atoms with Crippen LogP contribution in [0.1, 0.15) is 52.4 Å². The van der Waals surface area contributed by atoms with Gasteiger partial charge in [0.25, 0.3) is 0 Å². The van der Waals surface area contributed by atoms with E-state index in [9.17, 15) is 8.78 Å². The van der Waals surface area contributed by atoms with Crippen molar-refractivity contribution in [1.82, 2.24) is 0 Å². The first kappa shape index (κ1) is 20.5. The van der Waals surface area contributed by atoms with E-state index >= 15 is 0 Å². The summed E-state index contributed by atoms with van der Waals surface area (Å²) in [5.74, 6) is -0.138. The summed E-state index contributed by atoms with van der Waals surface area (Å²) in [5, 5.41) is 0.327. The molecule has 0 atom stereocenters. The molecule has 0 bridgehead atoms. The molecule has 0 radical (unpaired) electrons. The SMILES string of the molecule is CCCC1CCC(COc2cc3c(c(F)c2F)-c2c-3ccc(OCC)c2Cl)CC1. The Morgan fingerprint density at radius 1 is 0.897 bits per heavy atom. The topological polar surface area (TPSA) is 18.5 Å². The van der Waals surface area contributed by atoms with Gasteiger partial charge in [0.05, 0.1) is 18.2 Å². The lowest BCUT2D eigenvalue weighted by atomic mass is 9.79. The average molecular weight is 421 g/mol. The molecule has 0 heterocycles. The Bertz CT molecular complexity index is 904. The second-order valence-corrected chi connectivity index (χ2v) is 8.52. The van der Waals surface area contributed by atoms with Crippen molar-refractivity contribution in [1.29, 1.82) is 0 Å². The van der Waals surface area contributed by atoms with Crippen LogP contribution in [0.15, 0.2) is 18.2 Å². The van der Waals surface area contributed by atoms with E-state index in [-0.39, 0.29) is 11.3 Å². The monoisotopic (exact) mass is 420 g/mol. The number of rotatable bonds is 7. The van der Waals surface area contributed by atoms with Gasteiger partial charge in [0, 0.05) is 11.1 Å². The summed E-state index contributed by atoms with van der Waals surface area (Å²) in [7, 11) is 0. The van der Waals surface area contributed by atoms with Gasteiger partial charge in [0.1, 0.15) is 5.75 Å². The van der Waals surface area contributed by atoms with E-state index in [1.807, 2.05) is 13.0 Å². The van der Waals surface area contributed by atoms with Crippen LogP contribution in [-0.2, 0) is 0 Å². The van der Waals surface area contributed by atoms with Crippen LogP contribution in [0.25, 0.3) is 22.3 Å². The van der Waals surface area contributed by atoms with Gasteiger partial charge in [-0.15, -0.1) is 0 Å². The highest BCUT2D eigenvalue weighted by Gasteiger charge is 2.34. The van der Waals surface area contributed by atoms with Gasteiger partial charge >= 0.3 is 0 Å². The Morgan fingerprint density at radius 3 is 2.31 bits per heavy atom. The van der Waals surface area contributed by atoms with Gasteiger partial charge in [-0.05, 0) is 60.9 Å². The fourth-order valence-electron chi connectivity index (χ4n) is 4.70. The van der Waals surface area contributed by atoms with Crippen LogP contribution >= 0.6 is 11.6 Å². The molecule has 2 nitrogen and oxygen atoms in total.